The van der Waals surface area contributed by atoms with Crippen LogP contribution in [0.25, 0.3) is 28.4 Å². The molecule has 0 N–H and O–H groups in total. The quantitative estimate of drug-likeness (QED) is 0.270. The van der Waals surface area contributed by atoms with Crippen LogP contribution in [-0.4, -0.2) is 24.9 Å². The fourth-order valence-corrected chi connectivity index (χ4v) is 4.23. The third kappa shape index (κ3) is 4.06. The molecule has 3 heterocycles. The third-order valence-corrected chi connectivity index (χ3v) is 6.11. The van der Waals surface area contributed by atoms with Crippen LogP contribution in [0, 0.1) is 6.92 Å². The average Bonchev–Trinajstić information content (AvgIpc) is 3.53. The van der Waals surface area contributed by atoms with Crippen molar-refractivity contribution in [1.82, 2.24) is 24.9 Å². The minimum atomic E-state index is 0.393. The molecule has 31 heavy (non-hydrogen) atoms. The van der Waals surface area contributed by atoms with Gasteiger partial charge in [0.05, 0.1) is 5.75 Å². The van der Waals surface area contributed by atoms with E-state index in [9.17, 15) is 0 Å². The molecule has 0 aliphatic heterocycles. The fourth-order valence-electron chi connectivity index (χ4n) is 3.15. The monoisotopic (exact) mass is 493 g/mol. The highest BCUT2D eigenvalue weighted by Gasteiger charge is 2.22. The zero-order valence-corrected chi connectivity index (χ0v) is 18.8. The second-order valence-electron chi connectivity index (χ2n) is 6.67. The lowest BCUT2D eigenvalue weighted by Gasteiger charge is -2.06. The first-order valence-corrected chi connectivity index (χ1v) is 11.2. The number of hydrogen-bond acceptors (Lipinski definition) is 7. The van der Waals surface area contributed by atoms with Crippen molar-refractivity contribution in [2.75, 3.05) is 0 Å². The van der Waals surface area contributed by atoms with Gasteiger partial charge in [0.2, 0.25) is 5.89 Å². The molecule has 0 aliphatic rings. The van der Waals surface area contributed by atoms with Gasteiger partial charge in [0, 0.05) is 28.1 Å². The first-order valence-electron chi connectivity index (χ1n) is 9.45. The second kappa shape index (κ2) is 8.52. The predicted molar refractivity (Wildman–Crippen MR) is 121 cm³/mol. The van der Waals surface area contributed by atoms with Gasteiger partial charge in [-0.15, -0.1) is 10.2 Å². The molecule has 0 spiro atoms. The van der Waals surface area contributed by atoms with Crippen molar-refractivity contribution in [2.45, 2.75) is 17.8 Å². The van der Waals surface area contributed by atoms with Crippen molar-refractivity contribution >= 4 is 27.7 Å². The second-order valence-corrected chi connectivity index (χ2v) is 8.53. The zero-order valence-electron chi connectivity index (χ0n) is 16.4. The summed E-state index contributed by atoms with van der Waals surface area (Å²) in [6.07, 6.45) is 3.70. The summed E-state index contributed by atoms with van der Waals surface area (Å²) in [6, 6.07) is 17.8. The number of hydrogen-bond donors (Lipinski definition) is 0. The molecule has 3 aromatic heterocycles. The predicted octanol–water partition coefficient (Wildman–Crippen LogP) is 5.94. The van der Waals surface area contributed by atoms with Gasteiger partial charge < -0.3 is 8.94 Å². The van der Waals surface area contributed by atoms with Crippen LogP contribution in [0.2, 0.25) is 0 Å². The molecular formula is C22H16BrN5O2S. The Kier molecular flexibility index (Phi) is 5.44. The minimum absolute atomic E-state index is 0.393. The van der Waals surface area contributed by atoms with Gasteiger partial charge in [-0.1, -0.05) is 63.2 Å². The highest BCUT2D eigenvalue weighted by atomic mass is 79.9. The molecular weight excluding hydrogens is 478 g/mol. The maximum atomic E-state index is 5.94. The molecule has 0 bridgehead atoms. The summed E-state index contributed by atoms with van der Waals surface area (Å²) in [5.74, 6) is 2.02. The molecule has 0 amide bonds. The van der Waals surface area contributed by atoms with Crippen molar-refractivity contribution in [1.29, 1.82) is 0 Å². The minimum Gasteiger partial charge on any atom is -0.420 e. The van der Waals surface area contributed by atoms with Crippen LogP contribution in [-0.2, 0) is 5.75 Å². The van der Waals surface area contributed by atoms with Gasteiger partial charge in [-0.25, -0.2) is 4.98 Å². The lowest BCUT2D eigenvalue weighted by atomic mass is 10.1. The van der Waals surface area contributed by atoms with Gasteiger partial charge in [-0.2, -0.15) is 0 Å². The van der Waals surface area contributed by atoms with Crippen molar-refractivity contribution < 1.29 is 8.94 Å². The van der Waals surface area contributed by atoms with Crippen LogP contribution in [0.3, 0.4) is 0 Å². The molecule has 0 saturated heterocycles. The van der Waals surface area contributed by atoms with Crippen LogP contribution in [0.4, 0.5) is 0 Å². The normalized spacial score (nSPS) is 11.2. The molecule has 9 heteroatoms. The number of aromatic nitrogens is 5. The first-order chi connectivity index (χ1) is 15.2. The van der Waals surface area contributed by atoms with Gasteiger partial charge in [0.1, 0.15) is 17.0 Å². The van der Waals surface area contributed by atoms with Gasteiger partial charge in [-0.3, -0.25) is 4.57 Å². The lowest BCUT2D eigenvalue weighted by Crippen LogP contribution is -1.95. The van der Waals surface area contributed by atoms with Crippen molar-refractivity contribution in [3.8, 4) is 28.4 Å². The van der Waals surface area contributed by atoms with Crippen LogP contribution < -0.4 is 0 Å². The van der Waals surface area contributed by atoms with E-state index in [-0.39, 0.29) is 0 Å². The Morgan fingerprint density at radius 2 is 1.84 bits per heavy atom. The van der Waals surface area contributed by atoms with E-state index in [1.54, 1.807) is 6.20 Å². The van der Waals surface area contributed by atoms with E-state index >= 15 is 0 Å². The van der Waals surface area contributed by atoms with Gasteiger partial charge >= 0.3 is 0 Å². The molecule has 0 atom stereocenters. The number of nitrogens with zero attached hydrogens (tertiary/aromatic N) is 5. The Morgan fingerprint density at radius 1 is 1.03 bits per heavy atom. The Balaban J connectivity index is 1.36. The maximum Gasteiger partial charge on any atom is 0.253 e. The molecule has 7 nitrogen and oxygen atoms in total. The molecule has 0 fully saturated rings. The fraction of sp³-hybridized carbons (Fsp3) is 0.0909. The Bertz CT molecular complexity index is 1310. The molecule has 0 saturated carbocycles. The highest BCUT2D eigenvalue weighted by molar-refractivity contribution is 9.10. The summed E-state index contributed by atoms with van der Waals surface area (Å²) in [7, 11) is 0. The molecule has 0 unspecified atom stereocenters. The Morgan fingerprint density at radius 3 is 2.65 bits per heavy atom. The van der Waals surface area contributed by atoms with Crippen LogP contribution in [0.15, 0.2) is 85.6 Å². The summed E-state index contributed by atoms with van der Waals surface area (Å²) in [6.45, 7) is 1.84. The van der Waals surface area contributed by atoms with Crippen molar-refractivity contribution in [3.63, 3.8) is 0 Å². The smallest absolute Gasteiger partial charge is 0.253 e. The summed E-state index contributed by atoms with van der Waals surface area (Å²) >= 11 is 4.99. The highest BCUT2D eigenvalue weighted by Crippen LogP contribution is 2.34. The summed E-state index contributed by atoms with van der Waals surface area (Å²) in [5.41, 5.74) is 3.36. The van der Waals surface area contributed by atoms with Crippen molar-refractivity contribution in [2.24, 2.45) is 0 Å². The van der Waals surface area contributed by atoms with Crippen LogP contribution in [0.5, 0.6) is 0 Å². The number of aryl methyl sites for hydroxylation is 1. The van der Waals surface area contributed by atoms with E-state index in [2.05, 4.69) is 36.3 Å². The SMILES string of the molecule is Cc1onc(-c2ccccc2)c1-c1nnc(CSc2nccn2-c2ccc(Br)cc2)o1. The third-order valence-electron chi connectivity index (χ3n) is 4.63. The Labute approximate surface area is 190 Å². The van der Waals surface area contributed by atoms with Crippen LogP contribution >= 0.6 is 27.7 Å². The van der Waals surface area contributed by atoms with E-state index in [4.69, 9.17) is 8.94 Å². The largest absolute Gasteiger partial charge is 0.420 e. The summed E-state index contributed by atoms with van der Waals surface area (Å²) < 4.78 is 14.4. The van der Waals surface area contributed by atoms with E-state index in [0.717, 1.165) is 20.9 Å². The van der Waals surface area contributed by atoms with E-state index < -0.39 is 0 Å². The van der Waals surface area contributed by atoms with E-state index in [1.165, 1.54) is 11.8 Å². The topological polar surface area (TPSA) is 82.8 Å². The molecule has 2 aromatic carbocycles. The molecule has 5 aromatic rings. The van der Waals surface area contributed by atoms with Gasteiger partial charge in [0.15, 0.2) is 5.16 Å². The molecule has 0 radical (unpaired) electrons. The maximum absolute atomic E-state index is 5.94. The summed E-state index contributed by atoms with van der Waals surface area (Å²) in [4.78, 5) is 4.45. The summed E-state index contributed by atoms with van der Waals surface area (Å²) in [5, 5.41) is 13.5. The van der Waals surface area contributed by atoms with E-state index in [0.29, 0.717) is 34.6 Å². The Hall–Kier alpha value is -3.17. The van der Waals surface area contributed by atoms with Crippen LogP contribution in [0.1, 0.15) is 11.7 Å². The number of benzene rings is 2. The van der Waals surface area contributed by atoms with Gasteiger partial charge in [0.25, 0.3) is 5.89 Å². The lowest BCUT2D eigenvalue weighted by molar-refractivity contribution is 0.399. The first kappa shape index (κ1) is 19.8. The number of rotatable bonds is 6. The number of imidazole rings is 1. The molecule has 154 valence electrons. The number of halogens is 1. The number of thioether (sulfide) groups is 1. The van der Waals surface area contributed by atoms with Gasteiger partial charge in [-0.05, 0) is 31.2 Å². The average molecular weight is 494 g/mol. The molecule has 0 aliphatic carbocycles. The molecule has 5 rings (SSSR count). The van der Waals surface area contributed by atoms with E-state index in [1.807, 2.05) is 72.3 Å². The zero-order chi connectivity index (χ0) is 21.2. The van der Waals surface area contributed by atoms with Crippen molar-refractivity contribution in [3.05, 3.63) is 83.1 Å². The standard InChI is InChI=1S/C22H16BrN5O2S/c1-14-19(20(27-30-14)15-5-3-2-4-6-15)21-26-25-18(29-21)13-31-22-24-11-12-28(22)17-9-7-16(23)8-10-17/h2-12H,13H2,1H3.